The Morgan fingerprint density at radius 3 is 2.71 bits per heavy atom. The summed E-state index contributed by atoms with van der Waals surface area (Å²) in [6.45, 7) is 0. The molecule has 156 valence electrons. The number of hydrogen-bond acceptors (Lipinski definition) is 5. The highest BCUT2D eigenvalue weighted by molar-refractivity contribution is 7.80. The number of benzene rings is 3. The topological polar surface area (TPSA) is 76.4 Å². The minimum atomic E-state index is -0.465. The Hall–Kier alpha value is -3.13. The second-order valence-electron chi connectivity index (χ2n) is 6.44. The number of oxazole rings is 1. The first-order valence-electron chi connectivity index (χ1n) is 9.06. The lowest BCUT2D eigenvalue weighted by Crippen LogP contribution is -2.34. The van der Waals surface area contributed by atoms with E-state index in [0.29, 0.717) is 28.4 Å². The maximum absolute atomic E-state index is 12.4. The largest absolute Gasteiger partial charge is 0.497 e. The van der Waals surface area contributed by atoms with Crippen molar-refractivity contribution >= 4 is 63.2 Å². The number of thiocarbonyl (C=S) groups is 1. The summed E-state index contributed by atoms with van der Waals surface area (Å²) >= 11 is 17.3. The van der Waals surface area contributed by atoms with Crippen molar-refractivity contribution in [1.82, 2.24) is 10.3 Å². The van der Waals surface area contributed by atoms with E-state index in [9.17, 15) is 4.79 Å². The van der Waals surface area contributed by atoms with E-state index in [2.05, 4.69) is 15.6 Å². The fraction of sp³-hybridized carbons (Fsp3) is 0.0455. The van der Waals surface area contributed by atoms with Crippen LogP contribution in [-0.2, 0) is 0 Å². The molecule has 0 spiro atoms. The lowest BCUT2D eigenvalue weighted by Gasteiger charge is -2.10. The number of nitrogens with one attached hydrogen (secondary N) is 2. The van der Waals surface area contributed by atoms with Crippen molar-refractivity contribution in [3.63, 3.8) is 0 Å². The summed E-state index contributed by atoms with van der Waals surface area (Å²) in [6, 6.07) is 17.6. The van der Waals surface area contributed by atoms with Crippen LogP contribution in [0.3, 0.4) is 0 Å². The van der Waals surface area contributed by atoms with Gasteiger partial charge in [-0.05, 0) is 60.7 Å². The van der Waals surface area contributed by atoms with Crippen LogP contribution in [0.1, 0.15) is 10.4 Å². The quantitative estimate of drug-likeness (QED) is 0.358. The average Bonchev–Trinajstić information content (AvgIpc) is 3.19. The van der Waals surface area contributed by atoms with Crippen LogP contribution >= 0.6 is 35.4 Å². The van der Waals surface area contributed by atoms with Crippen LogP contribution in [0.15, 0.2) is 65.1 Å². The van der Waals surface area contributed by atoms with Crippen molar-refractivity contribution in [3.8, 4) is 17.2 Å². The van der Waals surface area contributed by atoms with E-state index < -0.39 is 5.91 Å². The predicted octanol–water partition coefficient (Wildman–Crippen LogP) is 5.94. The van der Waals surface area contributed by atoms with Gasteiger partial charge in [0.2, 0.25) is 5.89 Å². The lowest BCUT2D eigenvalue weighted by molar-refractivity contribution is 0.0978. The lowest BCUT2D eigenvalue weighted by atomic mass is 10.2. The summed E-state index contributed by atoms with van der Waals surface area (Å²) in [5.74, 6) is 0.716. The summed E-state index contributed by atoms with van der Waals surface area (Å²) < 4.78 is 11.1. The van der Waals surface area contributed by atoms with Crippen LogP contribution in [0.4, 0.5) is 5.69 Å². The molecule has 3 aromatic carbocycles. The van der Waals surface area contributed by atoms with Crippen molar-refractivity contribution in [2.45, 2.75) is 0 Å². The first-order valence-corrected chi connectivity index (χ1v) is 10.2. The summed E-state index contributed by atoms with van der Waals surface area (Å²) in [5, 5.41) is 6.10. The van der Waals surface area contributed by atoms with E-state index in [1.54, 1.807) is 43.5 Å². The van der Waals surface area contributed by atoms with E-state index in [0.717, 1.165) is 5.56 Å². The molecule has 0 aliphatic carbocycles. The molecule has 0 saturated heterocycles. The van der Waals surface area contributed by atoms with E-state index in [1.807, 2.05) is 24.3 Å². The molecule has 4 aromatic rings. The van der Waals surface area contributed by atoms with Crippen LogP contribution < -0.4 is 15.4 Å². The van der Waals surface area contributed by atoms with Crippen LogP contribution in [-0.4, -0.2) is 23.1 Å². The molecule has 0 aliphatic rings. The fourth-order valence-electron chi connectivity index (χ4n) is 2.90. The molecule has 2 N–H and O–H groups in total. The molecule has 0 fully saturated rings. The van der Waals surface area contributed by atoms with Gasteiger partial charge >= 0.3 is 0 Å². The number of methoxy groups -OCH3 is 1. The van der Waals surface area contributed by atoms with Crippen molar-refractivity contribution in [2.75, 3.05) is 12.4 Å². The zero-order valence-corrected chi connectivity index (χ0v) is 18.4. The number of rotatable bonds is 4. The molecule has 0 radical (unpaired) electrons. The van der Waals surface area contributed by atoms with Crippen LogP contribution in [0, 0.1) is 0 Å². The number of ether oxygens (including phenoxy) is 1. The highest BCUT2D eigenvalue weighted by Gasteiger charge is 2.15. The van der Waals surface area contributed by atoms with E-state index >= 15 is 0 Å². The monoisotopic (exact) mass is 471 g/mol. The SMILES string of the molecule is COc1cccc(-c2nc3cc(NC(=S)NC(=O)c4cccc(Cl)c4Cl)ccc3o2)c1. The molecular weight excluding hydrogens is 457 g/mol. The van der Waals surface area contributed by atoms with Gasteiger partial charge in [0.05, 0.1) is 22.7 Å². The Kier molecular flexibility index (Phi) is 6.08. The minimum absolute atomic E-state index is 0.108. The molecule has 9 heteroatoms. The molecule has 1 aromatic heterocycles. The van der Waals surface area contributed by atoms with Gasteiger partial charge in [-0.2, -0.15) is 0 Å². The zero-order valence-electron chi connectivity index (χ0n) is 16.1. The van der Waals surface area contributed by atoms with Gasteiger partial charge in [-0.25, -0.2) is 4.98 Å². The van der Waals surface area contributed by atoms with Gasteiger partial charge in [0.1, 0.15) is 11.3 Å². The van der Waals surface area contributed by atoms with Gasteiger partial charge in [-0.3, -0.25) is 10.1 Å². The molecule has 1 heterocycles. The number of carbonyl (C=O) groups is 1. The molecule has 1 amide bonds. The third kappa shape index (κ3) is 4.64. The molecule has 0 unspecified atom stereocenters. The van der Waals surface area contributed by atoms with Gasteiger partial charge in [0, 0.05) is 11.3 Å². The van der Waals surface area contributed by atoms with Crippen LogP contribution in [0.2, 0.25) is 10.0 Å². The van der Waals surface area contributed by atoms with Crippen molar-refractivity contribution in [1.29, 1.82) is 0 Å². The Bertz CT molecular complexity index is 1310. The molecule has 4 rings (SSSR count). The smallest absolute Gasteiger partial charge is 0.258 e. The normalized spacial score (nSPS) is 10.7. The summed E-state index contributed by atoms with van der Waals surface area (Å²) in [4.78, 5) is 17.0. The molecule has 0 atom stereocenters. The number of amides is 1. The first kappa shape index (κ1) is 21.1. The van der Waals surface area contributed by atoms with Gasteiger partial charge in [-0.15, -0.1) is 0 Å². The summed E-state index contributed by atoms with van der Waals surface area (Å²) in [6.07, 6.45) is 0. The van der Waals surface area contributed by atoms with Crippen molar-refractivity contribution in [2.24, 2.45) is 0 Å². The second-order valence-corrected chi connectivity index (χ2v) is 7.64. The number of hydrogen-bond donors (Lipinski definition) is 2. The molecule has 0 aliphatic heterocycles. The standard InChI is InChI=1S/C22H15Cl2N3O3S/c1-29-14-5-2-4-12(10-14)21-26-17-11-13(8-9-18(17)30-21)25-22(31)27-20(28)15-6-3-7-16(23)19(15)24/h2-11H,1H3,(H2,25,27,28,31). The molecule has 0 saturated carbocycles. The summed E-state index contributed by atoms with van der Waals surface area (Å²) in [5.41, 5.74) is 2.92. The molecule has 31 heavy (non-hydrogen) atoms. The Morgan fingerprint density at radius 2 is 1.90 bits per heavy atom. The third-order valence-corrected chi connectivity index (χ3v) is 5.41. The maximum atomic E-state index is 12.4. The predicted molar refractivity (Wildman–Crippen MR) is 126 cm³/mol. The van der Waals surface area contributed by atoms with Crippen LogP contribution in [0.5, 0.6) is 5.75 Å². The highest BCUT2D eigenvalue weighted by atomic mass is 35.5. The average molecular weight is 472 g/mol. The van der Waals surface area contributed by atoms with E-state index in [1.165, 1.54) is 0 Å². The first-order chi connectivity index (χ1) is 14.9. The van der Waals surface area contributed by atoms with E-state index in [-0.39, 0.29) is 20.7 Å². The fourth-order valence-corrected chi connectivity index (χ4v) is 3.49. The number of aromatic nitrogens is 1. The van der Waals surface area contributed by atoms with Crippen LogP contribution in [0.25, 0.3) is 22.6 Å². The van der Waals surface area contributed by atoms with Gasteiger partial charge in [0.25, 0.3) is 5.91 Å². The zero-order chi connectivity index (χ0) is 22.0. The molecule has 0 bridgehead atoms. The minimum Gasteiger partial charge on any atom is -0.497 e. The maximum Gasteiger partial charge on any atom is 0.258 e. The van der Waals surface area contributed by atoms with E-state index in [4.69, 9.17) is 44.6 Å². The van der Waals surface area contributed by atoms with Crippen molar-refractivity contribution < 1.29 is 13.9 Å². The van der Waals surface area contributed by atoms with Crippen molar-refractivity contribution in [3.05, 3.63) is 76.3 Å². The number of anilines is 1. The Morgan fingerprint density at radius 1 is 1.10 bits per heavy atom. The summed E-state index contributed by atoms with van der Waals surface area (Å²) in [7, 11) is 1.60. The number of carbonyl (C=O) groups excluding carboxylic acids is 1. The highest BCUT2D eigenvalue weighted by Crippen LogP contribution is 2.28. The molecular formula is C22H15Cl2N3O3S. The second kappa shape index (κ2) is 8.93. The number of nitrogens with zero attached hydrogens (tertiary/aromatic N) is 1. The third-order valence-electron chi connectivity index (χ3n) is 4.39. The Labute approximate surface area is 193 Å². The molecule has 6 nitrogen and oxygen atoms in total. The van der Waals surface area contributed by atoms with Gasteiger partial charge in [0.15, 0.2) is 10.7 Å². The Balaban J connectivity index is 1.50. The van der Waals surface area contributed by atoms with Gasteiger partial charge in [-0.1, -0.05) is 35.3 Å². The van der Waals surface area contributed by atoms with Gasteiger partial charge < -0.3 is 14.5 Å². The number of halogens is 2. The number of fused-ring (bicyclic) bond motifs is 1.